The summed E-state index contributed by atoms with van der Waals surface area (Å²) in [5.41, 5.74) is 4.45. The van der Waals surface area contributed by atoms with Gasteiger partial charge in [0, 0.05) is 28.6 Å². The summed E-state index contributed by atoms with van der Waals surface area (Å²) in [6.45, 7) is 0. The van der Waals surface area contributed by atoms with E-state index >= 15 is 0 Å². The van der Waals surface area contributed by atoms with Gasteiger partial charge in [-0.3, -0.25) is 19.5 Å². The summed E-state index contributed by atoms with van der Waals surface area (Å²) >= 11 is 7.27. The van der Waals surface area contributed by atoms with Gasteiger partial charge in [0.25, 0.3) is 11.6 Å². The maximum absolute atomic E-state index is 12.4. The van der Waals surface area contributed by atoms with Crippen molar-refractivity contribution in [2.75, 3.05) is 12.9 Å². The van der Waals surface area contributed by atoms with Crippen LogP contribution in [0.5, 0.6) is 5.75 Å². The van der Waals surface area contributed by atoms with Gasteiger partial charge in [-0.2, -0.15) is 5.10 Å². The molecule has 4 aromatic rings. The van der Waals surface area contributed by atoms with Crippen molar-refractivity contribution in [2.24, 2.45) is 5.10 Å². The van der Waals surface area contributed by atoms with E-state index in [1.54, 1.807) is 37.4 Å². The molecule has 0 saturated heterocycles. The van der Waals surface area contributed by atoms with E-state index in [2.05, 4.69) is 20.7 Å². The highest BCUT2D eigenvalue weighted by atomic mass is 35.5. The Labute approximate surface area is 227 Å². The zero-order chi connectivity index (χ0) is 26.9. The molecule has 12 heteroatoms. The van der Waals surface area contributed by atoms with Gasteiger partial charge in [0.2, 0.25) is 0 Å². The summed E-state index contributed by atoms with van der Waals surface area (Å²) in [7, 11) is 1.60. The number of allylic oxidation sites excluding steroid dienone is 1. The van der Waals surface area contributed by atoms with Gasteiger partial charge in [0.05, 0.1) is 23.3 Å². The number of rotatable bonds is 10. The van der Waals surface area contributed by atoms with Crippen LogP contribution in [0.1, 0.15) is 5.56 Å². The Hall–Kier alpha value is -4.48. The number of nitro groups is 1. The lowest BCUT2D eigenvalue weighted by molar-refractivity contribution is -0.385. The molecule has 1 amide bonds. The summed E-state index contributed by atoms with van der Waals surface area (Å²) in [6, 6.07) is 21.0. The summed E-state index contributed by atoms with van der Waals surface area (Å²) in [5, 5.41) is 24.7. The van der Waals surface area contributed by atoms with Gasteiger partial charge in [-0.05, 0) is 66.7 Å². The Kier molecular flexibility index (Phi) is 8.85. The molecule has 0 bridgehead atoms. The second-order valence-electron chi connectivity index (χ2n) is 7.62. The van der Waals surface area contributed by atoms with Crippen LogP contribution in [0.15, 0.2) is 89.1 Å². The summed E-state index contributed by atoms with van der Waals surface area (Å²) in [5.74, 6) is 0.979. The number of para-hydroxylation sites is 1. The van der Waals surface area contributed by atoms with Crippen molar-refractivity contribution in [3.63, 3.8) is 0 Å². The summed E-state index contributed by atoms with van der Waals surface area (Å²) < 4.78 is 7.08. The Bertz CT molecular complexity index is 1490. The van der Waals surface area contributed by atoms with E-state index in [-0.39, 0.29) is 17.3 Å². The molecule has 0 aliphatic rings. The number of aromatic nitrogens is 3. The van der Waals surface area contributed by atoms with Crippen LogP contribution in [-0.4, -0.2) is 44.7 Å². The second kappa shape index (κ2) is 12.7. The number of amides is 1. The number of halogens is 1. The highest BCUT2D eigenvalue weighted by Crippen LogP contribution is 2.29. The topological polar surface area (TPSA) is 125 Å². The molecule has 1 heterocycles. The number of ether oxygens (including phenoxy) is 1. The number of hydrazone groups is 1. The lowest BCUT2D eigenvalue weighted by atomic mass is 10.2. The van der Waals surface area contributed by atoms with E-state index in [1.165, 1.54) is 36.2 Å². The SMILES string of the molecule is COc1ccc(-c2nnc(SCC(=O)N/N=C/C=C\c3ccccc3[N+](=O)[O-])n2-c2ccc(Cl)cc2)cc1. The minimum Gasteiger partial charge on any atom is -0.497 e. The molecule has 192 valence electrons. The number of hydrogen-bond donors (Lipinski definition) is 1. The van der Waals surface area contributed by atoms with E-state index < -0.39 is 4.92 Å². The number of thioether (sulfide) groups is 1. The van der Waals surface area contributed by atoms with Crippen LogP contribution in [0.4, 0.5) is 5.69 Å². The number of hydrogen-bond acceptors (Lipinski definition) is 8. The zero-order valence-electron chi connectivity index (χ0n) is 20.0. The molecule has 1 aromatic heterocycles. The van der Waals surface area contributed by atoms with Crippen molar-refractivity contribution in [1.29, 1.82) is 0 Å². The Morgan fingerprint density at radius 3 is 2.58 bits per heavy atom. The minimum absolute atomic E-state index is 0.0172. The fourth-order valence-corrected chi connectivity index (χ4v) is 4.24. The van der Waals surface area contributed by atoms with E-state index in [4.69, 9.17) is 16.3 Å². The van der Waals surface area contributed by atoms with Crippen molar-refractivity contribution >= 4 is 47.2 Å². The number of methoxy groups -OCH3 is 1. The Morgan fingerprint density at radius 1 is 1.13 bits per heavy atom. The van der Waals surface area contributed by atoms with Crippen LogP contribution in [0.25, 0.3) is 23.2 Å². The minimum atomic E-state index is -0.460. The van der Waals surface area contributed by atoms with E-state index in [0.29, 0.717) is 21.6 Å². The quantitative estimate of drug-likeness (QED) is 0.121. The molecular weight excluding hydrogens is 528 g/mol. The predicted octanol–water partition coefficient (Wildman–Crippen LogP) is 5.41. The van der Waals surface area contributed by atoms with Crippen LogP contribution < -0.4 is 10.2 Å². The van der Waals surface area contributed by atoms with E-state index in [1.807, 2.05) is 41.0 Å². The molecular formula is C26H21ClN6O4S. The van der Waals surface area contributed by atoms with Crippen molar-refractivity contribution in [1.82, 2.24) is 20.2 Å². The maximum atomic E-state index is 12.4. The normalized spacial score (nSPS) is 11.2. The lowest BCUT2D eigenvalue weighted by Gasteiger charge is -2.11. The largest absolute Gasteiger partial charge is 0.497 e. The monoisotopic (exact) mass is 548 g/mol. The van der Waals surface area contributed by atoms with Crippen LogP contribution in [0, 0.1) is 10.1 Å². The molecule has 0 aliphatic carbocycles. The van der Waals surface area contributed by atoms with E-state index in [0.717, 1.165) is 17.0 Å². The standard InChI is InChI=1S/C26H21ClN6O4S/c1-37-22-14-8-19(9-15-22)25-30-31-26(32(25)21-12-10-20(27)11-13-21)38-17-24(34)29-28-16-4-6-18-5-2-3-7-23(18)33(35)36/h2-16H,17H2,1H3,(H,29,34)/b6-4-,28-16+. The molecule has 0 radical (unpaired) electrons. The number of carbonyl (C=O) groups is 1. The number of nitro benzene ring substituents is 1. The zero-order valence-corrected chi connectivity index (χ0v) is 21.6. The molecule has 0 saturated carbocycles. The number of nitrogens with zero attached hydrogens (tertiary/aromatic N) is 5. The highest BCUT2D eigenvalue weighted by molar-refractivity contribution is 7.99. The average Bonchev–Trinajstić information content (AvgIpc) is 3.36. The molecule has 10 nitrogen and oxygen atoms in total. The van der Waals surface area contributed by atoms with Crippen molar-refractivity contribution in [3.05, 3.63) is 99.6 Å². The number of nitrogens with one attached hydrogen (secondary N) is 1. The molecule has 0 atom stereocenters. The highest BCUT2D eigenvalue weighted by Gasteiger charge is 2.17. The van der Waals surface area contributed by atoms with Gasteiger partial charge >= 0.3 is 0 Å². The molecule has 0 aliphatic heterocycles. The molecule has 0 fully saturated rings. The van der Waals surface area contributed by atoms with E-state index in [9.17, 15) is 14.9 Å². The van der Waals surface area contributed by atoms with Crippen LogP contribution >= 0.6 is 23.4 Å². The Morgan fingerprint density at radius 2 is 1.87 bits per heavy atom. The third-order valence-corrected chi connectivity index (χ3v) is 6.34. The number of carbonyl (C=O) groups excluding carboxylic acids is 1. The van der Waals surface area contributed by atoms with Gasteiger partial charge in [-0.1, -0.05) is 35.5 Å². The fraction of sp³-hybridized carbons (Fsp3) is 0.0769. The smallest absolute Gasteiger partial charge is 0.276 e. The fourth-order valence-electron chi connectivity index (χ4n) is 3.37. The summed E-state index contributed by atoms with van der Waals surface area (Å²) in [6.07, 6.45) is 4.39. The van der Waals surface area contributed by atoms with Gasteiger partial charge in [0.15, 0.2) is 11.0 Å². The maximum Gasteiger partial charge on any atom is 0.276 e. The van der Waals surface area contributed by atoms with Crippen LogP contribution in [0.3, 0.4) is 0 Å². The van der Waals surface area contributed by atoms with Crippen molar-refractivity contribution in [2.45, 2.75) is 5.16 Å². The van der Waals surface area contributed by atoms with Crippen molar-refractivity contribution < 1.29 is 14.5 Å². The van der Waals surface area contributed by atoms with Crippen LogP contribution in [0.2, 0.25) is 5.02 Å². The molecule has 1 N–H and O–H groups in total. The molecule has 0 unspecified atom stereocenters. The average molecular weight is 549 g/mol. The van der Waals surface area contributed by atoms with Gasteiger partial charge < -0.3 is 4.74 Å². The molecule has 38 heavy (non-hydrogen) atoms. The Balaban J connectivity index is 1.44. The molecule has 0 spiro atoms. The first-order valence-electron chi connectivity index (χ1n) is 11.2. The first kappa shape index (κ1) is 26.6. The van der Waals surface area contributed by atoms with Crippen molar-refractivity contribution in [3.8, 4) is 22.8 Å². The first-order chi connectivity index (χ1) is 18.5. The third kappa shape index (κ3) is 6.64. The number of benzene rings is 3. The van der Waals surface area contributed by atoms with Crippen LogP contribution in [-0.2, 0) is 4.79 Å². The lowest BCUT2D eigenvalue weighted by Crippen LogP contribution is -2.19. The summed E-state index contributed by atoms with van der Waals surface area (Å²) in [4.78, 5) is 23.0. The molecule has 4 rings (SSSR count). The first-order valence-corrected chi connectivity index (χ1v) is 12.5. The van der Waals surface area contributed by atoms with Gasteiger partial charge in [-0.25, -0.2) is 5.43 Å². The van der Waals surface area contributed by atoms with Gasteiger partial charge in [0.1, 0.15) is 5.75 Å². The van der Waals surface area contributed by atoms with Gasteiger partial charge in [-0.15, -0.1) is 10.2 Å². The molecule has 3 aromatic carbocycles. The predicted molar refractivity (Wildman–Crippen MR) is 148 cm³/mol. The third-order valence-electron chi connectivity index (χ3n) is 5.16. The second-order valence-corrected chi connectivity index (χ2v) is 9.00.